The Balaban J connectivity index is 1.30. The van der Waals surface area contributed by atoms with Gasteiger partial charge in [0, 0.05) is 44.2 Å². The van der Waals surface area contributed by atoms with Gasteiger partial charge in [0.25, 0.3) is 5.91 Å². The molecule has 5 rings (SSSR count). The van der Waals surface area contributed by atoms with Gasteiger partial charge >= 0.3 is 0 Å². The number of rotatable bonds is 6. The van der Waals surface area contributed by atoms with Crippen molar-refractivity contribution in [1.29, 1.82) is 0 Å². The molecule has 0 bridgehead atoms. The number of fused-ring (bicyclic) bond motifs is 1. The minimum absolute atomic E-state index is 0.0170. The van der Waals surface area contributed by atoms with E-state index in [2.05, 4.69) is 15.0 Å². The number of aromatic nitrogens is 3. The SMILES string of the molecule is Cn1cc(-c2cc(Oc3ccc4c(c3)C(=O)N(CCN3CCCC3)CO4)ccn2)cn1. The number of likely N-dealkylation sites (tertiary alicyclic amines) is 1. The first kappa shape index (κ1) is 19.6. The first-order valence-electron chi connectivity index (χ1n) is 10.6. The molecule has 0 atom stereocenters. The predicted octanol–water partition coefficient (Wildman–Crippen LogP) is 3.16. The Labute approximate surface area is 181 Å². The van der Waals surface area contributed by atoms with Gasteiger partial charge in [-0.1, -0.05) is 0 Å². The molecular weight excluding hydrogens is 394 g/mol. The fourth-order valence-electron chi connectivity index (χ4n) is 4.00. The van der Waals surface area contributed by atoms with Crippen molar-refractivity contribution in [3.63, 3.8) is 0 Å². The summed E-state index contributed by atoms with van der Waals surface area (Å²) in [6, 6.07) is 9.01. The van der Waals surface area contributed by atoms with Crippen LogP contribution in [0.25, 0.3) is 11.3 Å². The van der Waals surface area contributed by atoms with Crippen molar-refractivity contribution in [3.8, 4) is 28.5 Å². The molecule has 0 aliphatic carbocycles. The highest BCUT2D eigenvalue weighted by Crippen LogP contribution is 2.32. The molecule has 1 fully saturated rings. The Morgan fingerprint density at radius 1 is 1.10 bits per heavy atom. The lowest BCUT2D eigenvalue weighted by atomic mass is 10.1. The van der Waals surface area contributed by atoms with Gasteiger partial charge in [0.15, 0.2) is 6.73 Å². The number of hydrogen-bond donors (Lipinski definition) is 0. The third-order valence-corrected chi connectivity index (χ3v) is 5.70. The molecule has 2 aliphatic heterocycles. The molecule has 3 aromatic rings. The van der Waals surface area contributed by atoms with Gasteiger partial charge in [-0.15, -0.1) is 0 Å². The lowest BCUT2D eigenvalue weighted by Crippen LogP contribution is -2.42. The Morgan fingerprint density at radius 3 is 2.74 bits per heavy atom. The van der Waals surface area contributed by atoms with Crippen LogP contribution in [-0.4, -0.2) is 63.4 Å². The second-order valence-electron chi connectivity index (χ2n) is 7.93. The average Bonchev–Trinajstić information content (AvgIpc) is 3.46. The van der Waals surface area contributed by atoms with Gasteiger partial charge < -0.3 is 19.3 Å². The molecule has 8 heteroatoms. The molecule has 160 valence electrons. The Kier molecular flexibility index (Phi) is 5.30. The maximum atomic E-state index is 13.0. The molecule has 0 N–H and O–H groups in total. The van der Waals surface area contributed by atoms with Crippen LogP contribution in [-0.2, 0) is 7.05 Å². The van der Waals surface area contributed by atoms with Gasteiger partial charge in [0.05, 0.1) is 17.5 Å². The number of nitrogens with zero attached hydrogens (tertiary/aromatic N) is 5. The smallest absolute Gasteiger partial charge is 0.260 e. The summed E-state index contributed by atoms with van der Waals surface area (Å²) in [5, 5.41) is 4.19. The third-order valence-electron chi connectivity index (χ3n) is 5.70. The van der Waals surface area contributed by atoms with Crippen LogP contribution >= 0.6 is 0 Å². The maximum Gasteiger partial charge on any atom is 0.260 e. The Bertz CT molecular complexity index is 1090. The Morgan fingerprint density at radius 2 is 1.94 bits per heavy atom. The van der Waals surface area contributed by atoms with Crippen molar-refractivity contribution in [2.24, 2.45) is 7.05 Å². The highest BCUT2D eigenvalue weighted by Gasteiger charge is 2.27. The summed E-state index contributed by atoms with van der Waals surface area (Å²) < 4.78 is 13.6. The molecule has 0 spiro atoms. The number of carbonyl (C=O) groups excluding carboxylic acids is 1. The first-order valence-corrected chi connectivity index (χ1v) is 10.6. The van der Waals surface area contributed by atoms with E-state index in [0.29, 0.717) is 36.1 Å². The molecule has 31 heavy (non-hydrogen) atoms. The number of benzene rings is 1. The number of carbonyl (C=O) groups is 1. The molecule has 0 unspecified atom stereocenters. The third kappa shape index (κ3) is 4.25. The van der Waals surface area contributed by atoms with Crippen LogP contribution in [0.4, 0.5) is 0 Å². The fourth-order valence-corrected chi connectivity index (χ4v) is 4.00. The van der Waals surface area contributed by atoms with Crippen molar-refractivity contribution >= 4 is 5.91 Å². The monoisotopic (exact) mass is 419 g/mol. The molecule has 8 nitrogen and oxygen atoms in total. The minimum Gasteiger partial charge on any atom is -0.472 e. The molecular formula is C23H25N5O3. The number of pyridine rings is 1. The summed E-state index contributed by atoms with van der Waals surface area (Å²) in [7, 11) is 1.87. The van der Waals surface area contributed by atoms with E-state index in [9.17, 15) is 4.79 Å². The lowest BCUT2D eigenvalue weighted by molar-refractivity contribution is 0.0497. The van der Waals surface area contributed by atoms with Crippen LogP contribution in [0.5, 0.6) is 17.2 Å². The summed E-state index contributed by atoms with van der Waals surface area (Å²) in [5.41, 5.74) is 2.22. The average molecular weight is 419 g/mol. The van der Waals surface area contributed by atoms with Crippen LogP contribution in [0.2, 0.25) is 0 Å². The summed E-state index contributed by atoms with van der Waals surface area (Å²) >= 11 is 0. The normalized spacial score (nSPS) is 16.3. The molecule has 2 aromatic heterocycles. The van der Waals surface area contributed by atoms with E-state index in [4.69, 9.17) is 9.47 Å². The summed E-state index contributed by atoms with van der Waals surface area (Å²) in [6.45, 7) is 4.07. The van der Waals surface area contributed by atoms with Gasteiger partial charge in [-0.05, 0) is 50.2 Å². The van der Waals surface area contributed by atoms with Crippen LogP contribution < -0.4 is 9.47 Å². The van der Waals surface area contributed by atoms with E-state index in [1.807, 2.05) is 25.4 Å². The summed E-state index contributed by atoms with van der Waals surface area (Å²) in [5.74, 6) is 1.81. The number of hydrogen-bond acceptors (Lipinski definition) is 6. The zero-order chi connectivity index (χ0) is 21.2. The second-order valence-corrected chi connectivity index (χ2v) is 7.93. The van der Waals surface area contributed by atoms with Gasteiger partial charge in [0.1, 0.15) is 17.2 Å². The highest BCUT2D eigenvalue weighted by atomic mass is 16.5. The standard InChI is InChI=1S/C23H25N5O3/c1-26-15-17(14-25-26)21-13-19(6-7-24-21)31-18-4-5-22-20(12-18)23(29)28(16-30-22)11-10-27-8-2-3-9-27/h4-7,12-15H,2-3,8-11,16H2,1H3. The van der Waals surface area contributed by atoms with E-state index in [0.717, 1.165) is 30.9 Å². The zero-order valence-electron chi connectivity index (χ0n) is 17.5. The van der Waals surface area contributed by atoms with Crippen molar-refractivity contribution in [2.75, 3.05) is 32.9 Å². The first-order chi connectivity index (χ1) is 15.2. The van der Waals surface area contributed by atoms with Crippen molar-refractivity contribution in [3.05, 3.63) is 54.5 Å². The van der Waals surface area contributed by atoms with Gasteiger partial charge in [-0.25, -0.2) is 0 Å². The van der Waals surface area contributed by atoms with Crippen LogP contribution in [0.1, 0.15) is 23.2 Å². The van der Waals surface area contributed by atoms with Gasteiger partial charge in [-0.3, -0.25) is 14.5 Å². The minimum atomic E-state index is -0.0170. The largest absolute Gasteiger partial charge is 0.472 e. The van der Waals surface area contributed by atoms with Gasteiger partial charge in [-0.2, -0.15) is 5.10 Å². The van der Waals surface area contributed by atoms with E-state index in [-0.39, 0.29) is 5.91 Å². The van der Waals surface area contributed by atoms with Gasteiger partial charge in [0.2, 0.25) is 0 Å². The predicted molar refractivity (Wildman–Crippen MR) is 115 cm³/mol. The van der Waals surface area contributed by atoms with Crippen molar-refractivity contribution < 1.29 is 14.3 Å². The molecule has 1 saturated heterocycles. The number of amides is 1. The highest BCUT2D eigenvalue weighted by molar-refractivity contribution is 5.98. The molecule has 4 heterocycles. The quantitative estimate of drug-likeness (QED) is 0.611. The second kappa shape index (κ2) is 8.39. The Hall–Kier alpha value is -3.39. The maximum absolute atomic E-state index is 13.0. The van der Waals surface area contributed by atoms with Crippen molar-refractivity contribution in [2.45, 2.75) is 12.8 Å². The molecule has 2 aliphatic rings. The van der Waals surface area contributed by atoms with E-state index in [1.165, 1.54) is 12.8 Å². The molecule has 1 aromatic carbocycles. The van der Waals surface area contributed by atoms with Crippen LogP contribution in [0.3, 0.4) is 0 Å². The topological polar surface area (TPSA) is 72.7 Å². The summed E-state index contributed by atoms with van der Waals surface area (Å²) in [6.07, 6.45) is 7.84. The van der Waals surface area contributed by atoms with Crippen molar-refractivity contribution in [1.82, 2.24) is 24.6 Å². The number of aryl methyl sites for hydroxylation is 1. The van der Waals surface area contributed by atoms with E-state index in [1.54, 1.807) is 40.2 Å². The molecule has 0 saturated carbocycles. The van der Waals surface area contributed by atoms with E-state index < -0.39 is 0 Å². The number of ether oxygens (including phenoxy) is 2. The summed E-state index contributed by atoms with van der Waals surface area (Å²) in [4.78, 5) is 21.6. The zero-order valence-corrected chi connectivity index (χ0v) is 17.5. The van der Waals surface area contributed by atoms with Crippen LogP contribution in [0.15, 0.2) is 48.9 Å². The molecule has 1 amide bonds. The van der Waals surface area contributed by atoms with E-state index >= 15 is 0 Å². The lowest BCUT2D eigenvalue weighted by Gasteiger charge is -2.30. The van der Waals surface area contributed by atoms with Crippen LogP contribution in [0, 0.1) is 0 Å². The fraction of sp³-hybridized carbons (Fsp3) is 0.348. The molecule has 0 radical (unpaired) electrons.